The Balaban J connectivity index is 3.06. The highest BCUT2D eigenvalue weighted by Gasteiger charge is 2.46. The number of hydrogen-bond acceptors (Lipinski definition) is 4. The lowest BCUT2D eigenvalue weighted by Crippen LogP contribution is -2.34. The van der Waals surface area contributed by atoms with E-state index >= 15 is 0 Å². The van der Waals surface area contributed by atoms with E-state index in [9.17, 15) is 41.8 Å². The van der Waals surface area contributed by atoms with Crippen molar-refractivity contribution in [1.29, 1.82) is 5.26 Å². The molecule has 0 fully saturated rings. The van der Waals surface area contributed by atoms with Gasteiger partial charge in [-0.2, -0.15) is 18.4 Å². The predicted octanol–water partition coefficient (Wildman–Crippen LogP) is 3.07. The molecule has 1 atom stereocenters. The highest BCUT2D eigenvalue weighted by atomic mass is 19.4. The molecule has 1 aliphatic rings. The van der Waals surface area contributed by atoms with Crippen LogP contribution >= 0.6 is 0 Å². The summed E-state index contributed by atoms with van der Waals surface area (Å²) in [6.45, 7) is -0.409. The van der Waals surface area contributed by atoms with E-state index < -0.39 is 70.1 Å². The van der Waals surface area contributed by atoms with Gasteiger partial charge >= 0.3 is 18.1 Å². The fourth-order valence-electron chi connectivity index (χ4n) is 3.10. The number of rotatable bonds is 4. The Morgan fingerprint density at radius 2 is 1.79 bits per heavy atom. The number of aliphatic carboxylic acids is 2. The van der Waals surface area contributed by atoms with Crippen LogP contribution in [-0.2, 0) is 15.8 Å². The van der Waals surface area contributed by atoms with Crippen LogP contribution in [0.15, 0.2) is 34.7 Å². The van der Waals surface area contributed by atoms with Crippen LogP contribution in [0.25, 0.3) is 0 Å². The molecule has 1 unspecified atom stereocenters. The Labute approximate surface area is 154 Å². The molecule has 3 N–H and O–H groups in total. The van der Waals surface area contributed by atoms with E-state index in [0.717, 1.165) is 6.92 Å². The summed E-state index contributed by atoms with van der Waals surface area (Å²) in [5, 5.41) is 30.0. The molecule has 0 aromatic heterocycles. The zero-order valence-corrected chi connectivity index (χ0v) is 14.0. The van der Waals surface area contributed by atoms with E-state index in [1.165, 1.54) is 6.07 Å². The molecular weight excluding hydrogens is 391 g/mol. The first kappa shape index (κ1) is 20.9. The van der Waals surface area contributed by atoms with Crippen LogP contribution in [-0.4, -0.2) is 28.8 Å². The molecule has 11 heteroatoms. The standard InChI is InChI=1S/C17H11F5N2O4/c1-6-10(15(25)26)13(12(16(27)28)9(4-18)24-6)11-8(19)3-2-7(5-23)14(11)17(20,21)22/h2-3,13,24H,4H2,1H3,(H,25,26)(H,27,28). The number of carboxylic acid groups (broad SMARTS) is 2. The number of halogens is 5. The van der Waals surface area contributed by atoms with E-state index in [-0.39, 0.29) is 5.70 Å². The first-order chi connectivity index (χ1) is 12.9. The Morgan fingerprint density at radius 1 is 1.21 bits per heavy atom. The van der Waals surface area contributed by atoms with Gasteiger partial charge in [-0.1, -0.05) is 0 Å². The van der Waals surface area contributed by atoms with Crippen molar-refractivity contribution < 1.29 is 41.8 Å². The van der Waals surface area contributed by atoms with Gasteiger partial charge in [-0.05, 0) is 19.1 Å². The van der Waals surface area contributed by atoms with Crippen LogP contribution in [0.4, 0.5) is 22.0 Å². The molecule has 0 spiro atoms. The van der Waals surface area contributed by atoms with Crippen molar-refractivity contribution >= 4 is 11.9 Å². The van der Waals surface area contributed by atoms with Crippen LogP contribution in [0.1, 0.15) is 29.5 Å². The number of dihydropyridines is 1. The number of alkyl halides is 4. The van der Waals surface area contributed by atoms with Gasteiger partial charge in [0.05, 0.1) is 40.0 Å². The van der Waals surface area contributed by atoms with E-state index in [2.05, 4.69) is 5.32 Å². The number of nitrogens with zero attached hydrogens (tertiary/aromatic N) is 1. The molecule has 1 aliphatic heterocycles. The molecule has 1 heterocycles. The number of hydrogen-bond donors (Lipinski definition) is 3. The van der Waals surface area contributed by atoms with Crippen molar-refractivity contribution in [3.8, 4) is 6.07 Å². The van der Waals surface area contributed by atoms with Crippen molar-refractivity contribution in [2.24, 2.45) is 0 Å². The van der Waals surface area contributed by atoms with Crippen LogP contribution in [0.5, 0.6) is 0 Å². The average molecular weight is 402 g/mol. The highest BCUT2D eigenvalue weighted by Crippen LogP contribution is 2.46. The maximum absolute atomic E-state index is 14.6. The van der Waals surface area contributed by atoms with Crippen LogP contribution in [0.3, 0.4) is 0 Å². The fraction of sp³-hybridized carbons (Fsp3) is 0.235. The summed E-state index contributed by atoms with van der Waals surface area (Å²) in [6.07, 6.45) is -5.32. The molecule has 0 saturated heterocycles. The molecule has 0 amide bonds. The van der Waals surface area contributed by atoms with E-state index in [4.69, 9.17) is 5.26 Å². The first-order valence-corrected chi connectivity index (χ1v) is 7.48. The minimum absolute atomic E-state index is 0.356. The van der Waals surface area contributed by atoms with E-state index in [0.29, 0.717) is 12.1 Å². The van der Waals surface area contributed by atoms with Crippen molar-refractivity contribution in [1.82, 2.24) is 5.32 Å². The summed E-state index contributed by atoms with van der Waals surface area (Å²) < 4.78 is 68.8. The van der Waals surface area contributed by atoms with Gasteiger partial charge in [0.1, 0.15) is 12.5 Å². The fourth-order valence-corrected chi connectivity index (χ4v) is 3.10. The third-order valence-electron chi connectivity index (χ3n) is 4.12. The second-order valence-corrected chi connectivity index (χ2v) is 5.73. The summed E-state index contributed by atoms with van der Waals surface area (Å²) in [5.74, 6) is -7.65. The van der Waals surface area contributed by atoms with Crippen LogP contribution in [0, 0.1) is 17.1 Å². The normalized spacial score (nSPS) is 17.2. The quantitative estimate of drug-likeness (QED) is 0.668. The van der Waals surface area contributed by atoms with Gasteiger partial charge in [0.15, 0.2) is 0 Å². The van der Waals surface area contributed by atoms with Gasteiger partial charge in [0, 0.05) is 11.3 Å². The molecule has 1 aromatic carbocycles. The minimum Gasteiger partial charge on any atom is -0.478 e. The van der Waals surface area contributed by atoms with Crippen LogP contribution < -0.4 is 5.32 Å². The van der Waals surface area contributed by atoms with E-state index in [1.807, 2.05) is 0 Å². The van der Waals surface area contributed by atoms with Crippen molar-refractivity contribution in [3.05, 3.63) is 57.2 Å². The van der Waals surface area contributed by atoms with Gasteiger partial charge in [0.2, 0.25) is 0 Å². The topological polar surface area (TPSA) is 110 Å². The highest BCUT2D eigenvalue weighted by molar-refractivity contribution is 5.98. The summed E-state index contributed by atoms with van der Waals surface area (Å²) in [5.41, 5.74) is -7.28. The second kappa shape index (κ2) is 7.30. The molecule has 6 nitrogen and oxygen atoms in total. The molecule has 0 aliphatic carbocycles. The molecule has 1 aromatic rings. The molecule has 0 radical (unpaired) electrons. The minimum atomic E-state index is -5.32. The maximum Gasteiger partial charge on any atom is 0.418 e. The zero-order chi connectivity index (χ0) is 21.4. The first-order valence-electron chi connectivity index (χ1n) is 7.48. The number of allylic oxidation sites excluding steroid dienone is 2. The lowest BCUT2D eigenvalue weighted by molar-refractivity contribution is -0.140. The molecule has 0 bridgehead atoms. The number of benzene rings is 1. The Hall–Kier alpha value is -3.42. The third-order valence-corrected chi connectivity index (χ3v) is 4.12. The lowest BCUT2D eigenvalue weighted by atomic mass is 9.77. The van der Waals surface area contributed by atoms with Crippen molar-refractivity contribution in [2.45, 2.75) is 19.0 Å². The average Bonchev–Trinajstić information content (AvgIpc) is 2.58. The molecule has 2 rings (SSSR count). The van der Waals surface area contributed by atoms with Gasteiger partial charge < -0.3 is 15.5 Å². The Morgan fingerprint density at radius 3 is 2.21 bits per heavy atom. The summed E-state index contributed by atoms with van der Waals surface area (Å²) in [6, 6.07) is 2.27. The molecule has 148 valence electrons. The number of carbonyl (C=O) groups is 2. The monoisotopic (exact) mass is 402 g/mol. The van der Waals surface area contributed by atoms with Crippen LogP contribution in [0.2, 0.25) is 0 Å². The number of nitriles is 1. The largest absolute Gasteiger partial charge is 0.478 e. The molecule has 0 saturated carbocycles. The lowest BCUT2D eigenvalue weighted by Gasteiger charge is -2.31. The third kappa shape index (κ3) is 3.40. The van der Waals surface area contributed by atoms with Crippen molar-refractivity contribution in [3.63, 3.8) is 0 Å². The summed E-state index contributed by atoms with van der Waals surface area (Å²) in [4.78, 5) is 23.3. The van der Waals surface area contributed by atoms with Gasteiger partial charge in [-0.25, -0.2) is 18.4 Å². The number of nitrogens with one attached hydrogen (secondary N) is 1. The van der Waals surface area contributed by atoms with Crippen molar-refractivity contribution in [2.75, 3.05) is 6.67 Å². The SMILES string of the molecule is CC1=C(C(=O)O)C(c2c(F)ccc(C#N)c2C(F)(F)F)C(C(=O)O)=C(CF)N1. The maximum atomic E-state index is 14.6. The Bertz CT molecular complexity index is 973. The Kier molecular flexibility index (Phi) is 5.45. The van der Waals surface area contributed by atoms with Gasteiger partial charge in [-0.15, -0.1) is 0 Å². The molecular formula is C17H11F5N2O4. The molecule has 28 heavy (non-hydrogen) atoms. The summed E-state index contributed by atoms with van der Waals surface area (Å²) >= 11 is 0. The van der Waals surface area contributed by atoms with Gasteiger partial charge in [0.25, 0.3) is 0 Å². The smallest absolute Gasteiger partial charge is 0.418 e. The van der Waals surface area contributed by atoms with Gasteiger partial charge in [-0.3, -0.25) is 0 Å². The summed E-state index contributed by atoms with van der Waals surface area (Å²) in [7, 11) is 0. The predicted molar refractivity (Wildman–Crippen MR) is 83.0 cm³/mol. The number of carboxylic acids is 2. The van der Waals surface area contributed by atoms with E-state index in [1.54, 1.807) is 0 Å². The zero-order valence-electron chi connectivity index (χ0n) is 14.0. The second-order valence-electron chi connectivity index (χ2n) is 5.73.